The smallest absolute Gasteiger partial charge is 0.243 e. The zero-order chi connectivity index (χ0) is 18.7. The second-order valence-electron chi connectivity index (χ2n) is 8.27. The van der Waals surface area contributed by atoms with Gasteiger partial charge in [0.05, 0.1) is 0 Å². The van der Waals surface area contributed by atoms with Crippen LogP contribution in [0.5, 0.6) is 0 Å². The summed E-state index contributed by atoms with van der Waals surface area (Å²) >= 11 is 0. The van der Waals surface area contributed by atoms with Crippen molar-refractivity contribution in [3.05, 3.63) is 71.3 Å². The van der Waals surface area contributed by atoms with Crippen molar-refractivity contribution in [2.75, 3.05) is 0 Å². The van der Waals surface area contributed by atoms with Gasteiger partial charge in [-0.3, -0.25) is 4.79 Å². The third kappa shape index (κ3) is 4.40. The van der Waals surface area contributed by atoms with Gasteiger partial charge in [-0.15, -0.1) is 0 Å². The zero-order valence-electron chi connectivity index (χ0n) is 16.1. The molecule has 3 unspecified atom stereocenters. The topological polar surface area (TPSA) is 41.5 Å². The third-order valence-electron chi connectivity index (χ3n) is 5.13. The van der Waals surface area contributed by atoms with E-state index in [2.05, 4.69) is 74.6 Å². The first-order valence-electron chi connectivity index (χ1n) is 9.34. The fraction of sp³-hybridized carbons (Fsp3) is 0.391. The minimum absolute atomic E-state index is 0.0198. The Morgan fingerprint density at radius 1 is 1.12 bits per heavy atom. The summed E-state index contributed by atoms with van der Waals surface area (Å²) < 4.78 is 0. The highest BCUT2D eigenvalue weighted by molar-refractivity contribution is 5.83. The minimum Gasteiger partial charge on any atom is -0.273 e. The Labute approximate surface area is 156 Å². The van der Waals surface area contributed by atoms with E-state index in [4.69, 9.17) is 0 Å². The molecule has 0 aromatic heterocycles. The highest BCUT2D eigenvalue weighted by atomic mass is 16.2. The SMILES string of the molecule is CC(/C=N/NC(=O)C1CC1c1ccc(C(C)(C)C)cc1)c1ccccc1. The van der Waals surface area contributed by atoms with Gasteiger partial charge in [-0.2, -0.15) is 5.10 Å². The van der Waals surface area contributed by atoms with Crippen LogP contribution in [0.3, 0.4) is 0 Å². The van der Waals surface area contributed by atoms with Gasteiger partial charge in [0, 0.05) is 18.1 Å². The van der Waals surface area contributed by atoms with Crippen molar-refractivity contribution in [3.8, 4) is 0 Å². The van der Waals surface area contributed by atoms with Crippen LogP contribution in [0, 0.1) is 5.92 Å². The molecule has 0 radical (unpaired) electrons. The molecule has 3 nitrogen and oxygen atoms in total. The molecule has 0 bridgehead atoms. The number of hydrazone groups is 1. The fourth-order valence-electron chi connectivity index (χ4n) is 3.22. The molecule has 1 saturated carbocycles. The van der Waals surface area contributed by atoms with E-state index >= 15 is 0 Å². The van der Waals surface area contributed by atoms with Crippen molar-refractivity contribution in [3.63, 3.8) is 0 Å². The molecule has 0 heterocycles. The van der Waals surface area contributed by atoms with Crippen LogP contribution >= 0.6 is 0 Å². The summed E-state index contributed by atoms with van der Waals surface area (Å²) in [5.74, 6) is 0.563. The van der Waals surface area contributed by atoms with Gasteiger partial charge in [0.2, 0.25) is 5.91 Å². The van der Waals surface area contributed by atoms with Crippen molar-refractivity contribution in [1.29, 1.82) is 0 Å². The second kappa shape index (κ2) is 7.45. The molecule has 2 aromatic carbocycles. The van der Waals surface area contributed by atoms with Crippen molar-refractivity contribution in [2.45, 2.75) is 51.4 Å². The molecule has 3 atom stereocenters. The van der Waals surface area contributed by atoms with Gasteiger partial charge < -0.3 is 0 Å². The van der Waals surface area contributed by atoms with E-state index in [0.717, 1.165) is 6.42 Å². The highest BCUT2D eigenvalue weighted by Crippen LogP contribution is 2.47. The molecule has 0 spiro atoms. The molecule has 1 fully saturated rings. The average molecular weight is 348 g/mol. The largest absolute Gasteiger partial charge is 0.273 e. The van der Waals surface area contributed by atoms with Crippen LogP contribution in [0.2, 0.25) is 0 Å². The molecule has 1 amide bonds. The monoisotopic (exact) mass is 348 g/mol. The van der Waals surface area contributed by atoms with E-state index in [1.54, 1.807) is 6.21 Å². The van der Waals surface area contributed by atoms with Crippen molar-refractivity contribution < 1.29 is 4.79 Å². The van der Waals surface area contributed by atoms with Crippen molar-refractivity contribution in [2.24, 2.45) is 11.0 Å². The van der Waals surface area contributed by atoms with Gasteiger partial charge in [-0.1, -0.05) is 82.3 Å². The maximum Gasteiger partial charge on any atom is 0.243 e. The summed E-state index contributed by atoms with van der Waals surface area (Å²) in [6.45, 7) is 8.71. The van der Waals surface area contributed by atoms with E-state index in [-0.39, 0.29) is 23.2 Å². The van der Waals surface area contributed by atoms with E-state index < -0.39 is 0 Å². The Hall–Kier alpha value is -2.42. The molecule has 1 N–H and O–H groups in total. The van der Waals surface area contributed by atoms with Gasteiger partial charge in [0.25, 0.3) is 0 Å². The van der Waals surface area contributed by atoms with Crippen molar-refractivity contribution in [1.82, 2.24) is 5.43 Å². The number of nitrogens with one attached hydrogen (secondary N) is 1. The molecule has 0 saturated heterocycles. The molecule has 3 rings (SSSR count). The lowest BCUT2D eigenvalue weighted by atomic mass is 9.86. The van der Waals surface area contributed by atoms with Crippen LogP contribution in [0.4, 0.5) is 0 Å². The summed E-state index contributed by atoms with van der Waals surface area (Å²) in [6.07, 6.45) is 2.70. The van der Waals surface area contributed by atoms with E-state index in [1.165, 1.54) is 16.7 Å². The molecular formula is C23H28N2O. The number of nitrogens with zero attached hydrogens (tertiary/aromatic N) is 1. The van der Waals surface area contributed by atoms with E-state index in [9.17, 15) is 4.79 Å². The van der Waals surface area contributed by atoms with Crippen LogP contribution in [0.1, 0.15) is 62.6 Å². The number of carbonyl (C=O) groups is 1. The van der Waals surface area contributed by atoms with Crippen LogP contribution in [0.15, 0.2) is 59.7 Å². The van der Waals surface area contributed by atoms with Crippen LogP contribution in [0.25, 0.3) is 0 Å². The number of carbonyl (C=O) groups excluding carboxylic acids is 1. The number of rotatable bonds is 5. The zero-order valence-corrected chi connectivity index (χ0v) is 16.1. The summed E-state index contributed by atoms with van der Waals surface area (Å²) in [5.41, 5.74) is 6.63. The lowest BCUT2D eigenvalue weighted by Gasteiger charge is -2.19. The van der Waals surface area contributed by atoms with Gasteiger partial charge in [-0.05, 0) is 34.4 Å². The number of amides is 1. The Morgan fingerprint density at radius 2 is 1.77 bits per heavy atom. The number of hydrogen-bond acceptors (Lipinski definition) is 2. The Morgan fingerprint density at radius 3 is 2.38 bits per heavy atom. The average Bonchev–Trinajstić information content (AvgIpc) is 3.42. The molecule has 1 aliphatic rings. The highest BCUT2D eigenvalue weighted by Gasteiger charge is 2.44. The summed E-state index contributed by atoms with van der Waals surface area (Å²) in [5, 5.41) is 4.16. The molecule has 1 aliphatic carbocycles. The maximum atomic E-state index is 12.3. The number of hydrogen-bond donors (Lipinski definition) is 1. The fourth-order valence-corrected chi connectivity index (χ4v) is 3.22. The van der Waals surface area contributed by atoms with Gasteiger partial charge in [0.1, 0.15) is 0 Å². The lowest BCUT2D eigenvalue weighted by Crippen LogP contribution is -2.20. The van der Waals surface area contributed by atoms with Crippen LogP contribution in [-0.4, -0.2) is 12.1 Å². The lowest BCUT2D eigenvalue weighted by molar-refractivity contribution is -0.122. The standard InChI is InChI=1S/C23H28N2O/c1-16(17-8-6-5-7-9-17)15-24-25-22(26)21-14-20(21)18-10-12-19(13-11-18)23(2,3)4/h5-13,15-16,20-21H,14H2,1-4H3,(H,25,26)/b24-15+. The van der Waals surface area contributed by atoms with Gasteiger partial charge in [-0.25, -0.2) is 5.43 Å². The Kier molecular flexibility index (Phi) is 5.26. The first-order chi connectivity index (χ1) is 12.4. The van der Waals surface area contributed by atoms with Gasteiger partial charge >= 0.3 is 0 Å². The molecule has 2 aromatic rings. The maximum absolute atomic E-state index is 12.3. The Bertz CT molecular complexity index is 772. The van der Waals surface area contributed by atoms with E-state index in [0.29, 0.717) is 5.92 Å². The van der Waals surface area contributed by atoms with Crippen LogP contribution < -0.4 is 5.43 Å². The second-order valence-corrected chi connectivity index (χ2v) is 8.27. The Balaban J connectivity index is 1.52. The summed E-state index contributed by atoms with van der Waals surface area (Å²) in [7, 11) is 0. The predicted octanol–water partition coefficient (Wildman–Crippen LogP) is 4.99. The quantitative estimate of drug-likeness (QED) is 0.600. The summed E-state index contributed by atoms with van der Waals surface area (Å²) in [4.78, 5) is 12.3. The third-order valence-corrected chi connectivity index (χ3v) is 5.13. The molecule has 136 valence electrons. The first-order valence-corrected chi connectivity index (χ1v) is 9.34. The normalized spacial score (nSPS) is 20.8. The minimum atomic E-state index is 0.0198. The first kappa shape index (κ1) is 18.4. The van der Waals surface area contributed by atoms with E-state index in [1.807, 2.05) is 18.2 Å². The molecule has 0 aliphatic heterocycles. The van der Waals surface area contributed by atoms with Gasteiger partial charge in [0.15, 0.2) is 0 Å². The molecular weight excluding hydrogens is 320 g/mol. The summed E-state index contributed by atoms with van der Waals surface area (Å²) in [6, 6.07) is 18.9. The predicted molar refractivity (Wildman–Crippen MR) is 107 cm³/mol. The number of benzene rings is 2. The van der Waals surface area contributed by atoms with Crippen molar-refractivity contribution >= 4 is 12.1 Å². The molecule has 26 heavy (non-hydrogen) atoms. The molecule has 3 heteroatoms. The van der Waals surface area contributed by atoms with Crippen LogP contribution in [-0.2, 0) is 10.2 Å².